The van der Waals surface area contributed by atoms with Crippen LogP contribution in [0.5, 0.6) is 0 Å². The summed E-state index contributed by atoms with van der Waals surface area (Å²) in [5, 5.41) is 8.77. The fraction of sp³-hybridized carbons (Fsp3) is 0.125. The SMILES string of the molecule is O=C(CSc1nnc(-c2ccc(Cl)cc2)o1)OCc1ccccn1. The molecule has 0 amide bonds. The molecule has 0 aliphatic heterocycles. The second-order valence-electron chi connectivity index (χ2n) is 4.65. The van der Waals surface area contributed by atoms with Gasteiger partial charge in [0.2, 0.25) is 5.89 Å². The van der Waals surface area contributed by atoms with Gasteiger partial charge in [0.1, 0.15) is 12.4 Å². The van der Waals surface area contributed by atoms with Gasteiger partial charge in [0.25, 0.3) is 5.22 Å². The summed E-state index contributed by atoms with van der Waals surface area (Å²) in [6.45, 7) is 0.139. The van der Waals surface area contributed by atoms with Crippen molar-refractivity contribution in [2.75, 3.05) is 5.75 Å². The van der Waals surface area contributed by atoms with E-state index >= 15 is 0 Å². The average Bonchev–Trinajstić information content (AvgIpc) is 3.09. The van der Waals surface area contributed by atoms with Crippen LogP contribution in [0.25, 0.3) is 11.5 Å². The third kappa shape index (κ3) is 4.56. The maximum Gasteiger partial charge on any atom is 0.316 e. The fourth-order valence-corrected chi connectivity index (χ4v) is 2.46. The van der Waals surface area contributed by atoms with E-state index in [0.29, 0.717) is 21.8 Å². The van der Waals surface area contributed by atoms with Crippen molar-refractivity contribution in [1.82, 2.24) is 15.2 Å². The lowest BCUT2D eigenvalue weighted by Gasteiger charge is -2.02. The number of nitrogens with zero attached hydrogens (tertiary/aromatic N) is 3. The standard InChI is InChI=1S/C16H12ClN3O3S/c17-12-6-4-11(5-7-12)15-19-20-16(23-15)24-10-14(21)22-9-13-3-1-2-8-18-13/h1-8H,9-10H2. The van der Waals surface area contributed by atoms with Crippen LogP contribution in [0.2, 0.25) is 5.02 Å². The van der Waals surface area contributed by atoms with Crippen molar-refractivity contribution in [2.24, 2.45) is 0 Å². The molecule has 8 heteroatoms. The van der Waals surface area contributed by atoms with Gasteiger partial charge in [0.05, 0.1) is 5.69 Å². The zero-order chi connectivity index (χ0) is 16.8. The number of pyridine rings is 1. The Morgan fingerprint density at radius 3 is 2.75 bits per heavy atom. The van der Waals surface area contributed by atoms with Crippen LogP contribution < -0.4 is 0 Å². The molecular weight excluding hydrogens is 350 g/mol. The molecule has 0 aliphatic rings. The van der Waals surface area contributed by atoms with Crippen molar-refractivity contribution >= 4 is 29.3 Å². The van der Waals surface area contributed by atoms with Crippen molar-refractivity contribution in [2.45, 2.75) is 11.8 Å². The van der Waals surface area contributed by atoms with Crippen LogP contribution in [-0.4, -0.2) is 26.9 Å². The third-order valence-corrected chi connectivity index (χ3v) is 3.96. The lowest BCUT2D eigenvalue weighted by Crippen LogP contribution is -2.07. The minimum absolute atomic E-state index is 0.0785. The van der Waals surface area contributed by atoms with E-state index in [9.17, 15) is 4.79 Å². The number of esters is 1. The smallest absolute Gasteiger partial charge is 0.316 e. The minimum Gasteiger partial charge on any atom is -0.459 e. The van der Waals surface area contributed by atoms with E-state index in [1.807, 2.05) is 6.07 Å². The molecular formula is C16H12ClN3O3S. The first kappa shape index (κ1) is 16.5. The van der Waals surface area contributed by atoms with E-state index in [2.05, 4.69) is 15.2 Å². The molecule has 0 saturated heterocycles. The summed E-state index contributed by atoms with van der Waals surface area (Å²) in [6, 6.07) is 12.5. The minimum atomic E-state index is -0.378. The van der Waals surface area contributed by atoms with E-state index in [4.69, 9.17) is 20.8 Å². The maximum absolute atomic E-state index is 11.7. The highest BCUT2D eigenvalue weighted by Gasteiger charge is 2.12. The molecule has 0 unspecified atom stereocenters. The van der Waals surface area contributed by atoms with Crippen molar-refractivity contribution in [1.29, 1.82) is 0 Å². The first-order chi connectivity index (χ1) is 11.7. The van der Waals surface area contributed by atoms with E-state index in [-0.39, 0.29) is 18.3 Å². The van der Waals surface area contributed by atoms with Gasteiger partial charge in [0.15, 0.2) is 0 Å². The number of aromatic nitrogens is 3. The Bertz CT molecular complexity index is 809. The van der Waals surface area contributed by atoms with Crippen molar-refractivity contribution in [3.63, 3.8) is 0 Å². The molecule has 0 fully saturated rings. The predicted octanol–water partition coefficient (Wildman–Crippen LogP) is 3.62. The normalized spacial score (nSPS) is 10.5. The highest BCUT2D eigenvalue weighted by atomic mass is 35.5. The van der Waals surface area contributed by atoms with Crippen LogP contribution in [0.1, 0.15) is 5.69 Å². The van der Waals surface area contributed by atoms with Gasteiger partial charge in [-0.1, -0.05) is 29.4 Å². The lowest BCUT2D eigenvalue weighted by atomic mass is 10.2. The molecule has 2 aromatic heterocycles. The second-order valence-corrected chi connectivity index (χ2v) is 6.01. The number of halogens is 1. The first-order valence-electron chi connectivity index (χ1n) is 6.98. The molecule has 6 nitrogen and oxygen atoms in total. The molecule has 0 aliphatic carbocycles. The summed E-state index contributed by atoms with van der Waals surface area (Å²) in [5.41, 5.74) is 1.45. The van der Waals surface area contributed by atoms with Gasteiger partial charge in [-0.3, -0.25) is 9.78 Å². The molecule has 0 N–H and O–H groups in total. The number of ether oxygens (including phenoxy) is 1. The second kappa shape index (κ2) is 7.94. The zero-order valence-corrected chi connectivity index (χ0v) is 14.0. The Kier molecular flexibility index (Phi) is 5.45. The van der Waals surface area contributed by atoms with E-state index < -0.39 is 0 Å². The van der Waals surface area contributed by atoms with Crippen molar-refractivity contribution < 1.29 is 13.9 Å². The van der Waals surface area contributed by atoms with Crippen LogP contribution in [-0.2, 0) is 16.1 Å². The van der Waals surface area contributed by atoms with E-state index in [1.165, 1.54) is 0 Å². The summed E-state index contributed by atoms with van der Waals surface area (Å²) in [6.07, 6.45) is 1.65. The number of carbonyl (C=O) groups is 1. The van der Waals surface area contributed by atoms with Crippen molar-refractivity contribution in [3.8, 4) is 11.5 Å². The first-order valence-corrected chi connectivity index (χ1v) is 8.35. The van der Waals surface area contributed by atoms with Gasteiger partial charge in [-0.15, -0.1) is 10.2 Å². The Balaban J connectivity index is 1.50. The van der Waals surface area contributed by atoms with Gasteiger partial charge < -0.3 is 9.15 Å². The monoisotopic (exact) mass is 361 g/mol. The van der Waals surface area contributed by atoms with Gasteiger partial charge >= 0.3 is 5.97 Å². The third-order valence-electron chi connectivity index (χ3n) is 2.92. The maximum atomic E-state index is 11.7. The highest BCUT2D eigenvalue weighted by Crippen LogP contribution is 2.24. The summed E-state index contributed by atoms with van der Waals surface area (Å²) in [4.78, 5) is 15.8. The van der Waals surface area contributed by atoms with Crippen LogP contribution in [0, 0.1) is 0 Å². The largest absolute Gasteiger partial charge is 0.459 e. The van der Waals surface area contributed by atoms with Gasteiger partial charge in [-0.2, -0.15) is 0 Å². The molecule has 0 radical (unpaired) electrons. The summed E-state index contributed by atoms with van der Waals surface area (Å²) >= 11 is 6.96. The Morgan fingerprint density at radius 2 is 2.00 bits per heavy atom. The number of benzene rings is 1. The molecule has 0 saturated carbocycles. The molecule has 3 aromatic rings. The number of hydrogen-bond acceptors (Lipinski definition) is 7. The fourth-order valence-electron chi connectivity index (χ4n) is 1.78. The molecule has 3 rings (SSSR count). The molecule has 122 valence electrons. The predicted molar refractivity (Wildman–Crippen MR) is 89.5 cm³/mol. The van der Waals surface area contributed by atoms with Crippen LogP contribution in [0.3, 0.4) is 0 Å². The van der Waals surface area contributed by atoms with Gasteiger partial charge in [-0.25, -0.2) is 0 Å². The highest BCUT2D eigenvalue weighted by molar-refractivity contribution is 7.99. The zero-order valence-electron chi connectivity index (χ0n) is 12.4. The topological polar surface area (TPSA) is 78.1 Å². The van der Waals surface area contributed by atoms with E-state index in [1.54, 1.807) is 42.6 Å². The average molecular weight is 362 g/mol. The number of hydrogen-bond donors (Lipinski definition) is 0. The van der Waals surface area contributed by atoms with E-state index in [0.717, 1.165) is 17.3 Å². The Labute approximate surface area is 147 Å². The molecule has 2 heterocycles. The molecule has 0 spiro atoms. The van der Waals surface area contributed by atoms with Gasteiger partial charge in [-0.05, 0) is 36.4 Å². The Hall–Kier alpha value is -2.38. The quantitative estimate of drug-likeness (QED) is 0.490. The number of carbonyl (C=O) groups excluding carboxylic acids is 1. The summed E-state index contributed by atoms with van der Waals surface area (Å²) in [5.74, 6) is 0.0719. The summed E-state index contributed by atoms with van der Waals surface area (Å²) < 4.78 is 10.6. The van der Waals surface area contributed by atoms with Crippen LogP contribution in [0.15, 0.2) is 58.3 Å². The summed E-state index contributed by atoms with van der Waals surface area (Å²) in [7, 11) is 0. The van der Waals surface area contributed by atoms with Crippen molar-refractivity contribution in [3.05, 3.63) is 59.4 Å². The molecule has 0 bridgehead atoms. The van der Waals surface area contributed by atoms with Crippen LogP contribution in [0.4, 0.5) is 0 Å². The molecule has 0 atom stereocenters. The number of rotatable bonds is 6. The Morgan fingerprint density at radius 1 is 1.17 bits per heavy atom. The lowest BCUT2D eigenvalue weighted by molar-refractivity contribution is -0.141. The van der Waals surface area contributed by atoms with Gasteiger partial charge in [0, 0.05) is 16.8 Å². The van der Waals surface area contributed by atoms with Crippen LogP contribution >= 0.6 is 23.4 Å². The number of thioether (sulfide) groups is 1. The molecule has 24 heavy (non-hydrogen) atoms. The molecule has 1 aromatic carbocycles.